The van der Waals surface area contributed by atoms with Crippen molar-refractivity contribution in [1.82, 2.24) is 5.32 Å². The van der Waals surface area contributed by atoms with Gasteiger partial charge >= 0.3 is 0 Å². The van der Waals surface area contributed by atoms with E-state index in [0.29, 0.717) is 23.8 Å². The van der Waals surface area contributed by atoms with Gasteiger partial charge in [-0.3, -0.25) is 4.79 Å². The molecule has 134 valence electrons. The van der Waals surface area contributed by atoms with Crippen LogP contribution in [0.25, 0.3) is 0 Å². The van der Waals surface area contributed by atoms with Gasteiger partial charge in [-0.1, -0.05) is 18.2 Å². The van der Waals surface area contributed by atoms with E-state index in [0.717, 1.165) is 11.3 Å². The van der Waals surface area contributed by atoms with E-state index in [2.05, 4.69) is 17.4 Å². The summed E-state index contributed by atoms with van der Waals surface area (Å²) in [6.07, 6.45) is 0.257. The van der Waals surface area contributed by atoms with Crippen LogP contribution in [0.5, 0.6) is 17.2 Å². The molecular formula is C19H23NO4S. The molecule has 25 heavy (non-hydrogen) atoms. The van der Waals surface area contributed by atoms with Crippen LogP contribution >= 0.6 is 11.8 Å². The zero-order valence-electron chi connectivity index (χ0n) is 14.7. The molecule has 2 aromatic rings. The zero-order valence-corrected chi connectivity index (χ0v) is 15.5. The minimum Gasteiger partial charge on any atom is -0.493 e. The molecule has 0 aliphatic rings. The summed E-state index contributed by atoms with van der Waals surface area (Å²) in [5, 5.41) is 2.93. The Hall–Kier alpha value is -2.34. The van der Waals surface area contributed by atoms with Gasteiger partial charge in [-0.05, 0) is 29.8 Å². The topological polar surface area (TPSA) is 56.8 Å². The summed E-state index contributed by atoms with van der Waals surface area (Å²) in [5.41, 5.74) is 0.808. The number of carbonyl (C=O) groups is 1. The lowest BCUT2D eigenvalue weighted by Gasteiger charge is -2.14. The second-order valence-corrected chi connectivity index (χ2v) is 6.39. The molecule has 0 unspecified atom stereocenters. The summed E-state index contributed by atoms with van der Waals surface area (Å²) < 4.78 is 15.9. The number of hydrogen-bond donors (Lipinski definition) is 1. The van der Waals surface area contributed by atoms with Gasteiger partial charge in [0, 0.05) is 17.2 Å². The van der Waals surface area contributed by atoms with Gasteiger partial charge in [0.05, 0.1) is 27.8 Å². The molecule has 6 heteroatoms. The van der Waals surface area contributed by atoms with Gasteiger partial charge in [0.2, 0.25) is 11.7 Å². The molecule has 0 radical (unpaired) electrons. The summed E-state index contributed by atoms with van der Waals surface area (Å²) in [4.78, 5) is 13.3. The second-order valence-electron chi connectivity index (χ2n) is 5.22. The highest BCUT2D eigenvalue weighted by Crippen LogP contribution is 2.38. The predicted molar refractivity (Wildman–Crippen MR) is 100.0 cm³/mol. The first kappa shape index (κ1) is 19.0. The van der Waals surface area contributed by atoms with Crippen molar-refractivity contribution in [2.24, 2.45) is 0 Å². The molecule has 1 amide bonds. The van der Waals surface area contributed by atoms with E-state index in [-0.39, 0.29) is 12.3 Å². The Morgan fingerprint density at radius 1 is 1.00 bits per heavy atom. The van der Waals surface area contributed by atoms with Crippen LogP contribution in [-0.2, 0) is 11.2 Å². The van der Waals surface area contributed by atoms with Crippen LogP contribution in [0.2, 0.25) is 0 Å². The molecule has 0 aliphatic heterocycles. The van der Waals surface area contributed by atoms with Crippen molar-refractivity contribution in [1.29, 1.82) is 0 Å². The molecule has 5 nitrogen and oxygen atoms in total. The van der Waals surface area contributed by atoms with Crippen LogP contribution in [0.4, 0.5) is 0 Å². The Morgan fingerprint density at radius 3 is 2.20 bits per heavy atom. The van der Waals surface area contributed by atoms with Crippen molar-refractivity contribution in [3.8, 4) is 17.2 Å². The van der Waals surface area contributed by atoms with E-state index >= 15 is 0 Å². The largest absolute Gasteiger partial charge is 0.493 e. The first-order valence-corrected chi connectivity index (χ1v) is 8.90. The van der Waals surface area contributed by atoms with E-state index in [1.165, 1.54) is 4.90 Å². The fourth-order valence-corrected chi connectivity index (χ4v) is 3.15. The molecule has 0 bridgehead atoms. The van der Waals surface area contributed by atoms with Crippen LogP contribution < -0.4 is 19.5 Å². The quantitative estimate of drug-likeness (QED) is 0.549. The zero-order chi connectivity index (χ0) is 18.1. The summed E-state index contributed by atoms with van der Waals surface area (Å²) in [7, 11) is 4.67. The van der Waals surface area contributed by atoms with Gasteiger partial charge in [0.15, 0.2) is 11.5 Å². The first-order valence-electron chi connectivity index (χ1n) is 7.91. The van der Waals surface area contributed by atoms with Crippen LogP contribution in [0.1, 0.15) is 5.56 Å². The predicted octanol–water partition coefficient (Wildman–Crippen LogP) is 3.16. The van der Waals surface area contributed by atoms with Gasteiger partial charge in [-0.2, -0.15) is 0 Å². The number of methoxy groups -OCH3 is 3. The Bertz CT molecular complexity index is 666. The van der Waals surface area contributed by atoms with Crippen molar-refractivity contribution in [2.75, 3.05) is 33.6 Å². The lowest BCUT2D eigenvalue weighted by Crippen LogP contribution is -2.27. The molecule has 0 atom stereocenters. The first-order chi connectivity index (χ1) is 12.2. The molecule has 0 saturated carbocycles. The number of ether oxygens (including phenoxy) is 3. The highest BCUT2D eigenvalue weighted by molar-refractivity contribution is 7.99. The van der Waals surface area contributed by atoms with Gasteiger partial charge in [0.25, 0.3) is 0 Å². The normalized spacial score (nSPS) is 10.2. The molecule has 2 rings (SSSR count). The van der Waals surface area contributed by atoms with Crippen molar-refractivity contribution in [3.63, 3.8) is 0 Å². The van der Waals surface area contributed by atoms with Gasteiger partial charge in [-0.25, -0.2) is 0 Å². The minimum absolute atomic E-state index is 0.0389. The molecule has 0 fully saturated rings. The van der Waals surface area contributed by atoms with E-state index < -0.39 is 0 Å². The standard InChI is InChI=1S/C19H23NO4S/c1-22-16-11-14(12-17(23-2)19(16)24-3)13-18(21)20-9-10-25-15-7-5-4-6-8-15/h4-8,11-12H,9-10,13H2,1-3H3,(H,20,21). The number of rotatable bonds is 9. The maximum Gasteiger partial charge on any atom is 0.224 e. The third-order valence-electron chi connectivity index (χ3n) is 3.53. The highest BCUT2D eigenvalue weighted by atomic mass is 32.2. The number of benzene rings is 2. The van der Waals surface area contributed by atoms with Crippen LogP contribution in [-0.4, -0.2) is 39.5 Å². The van der Waals surface area contributed by atoms with Crippen LogP contribution in [0.15, 0.2) is 47.4 Å². The molecule has 2 aromatic carbocycles. The van der Waals surface area contributed by atoms with Crippen molar-refractivity contribution >= 4 is 17.7 Å². The van der Waals surface area contributed by atoms with Crippen molar-refractivity contribution < 1.29 is 19.0 Å². The minimum atomic E-state index is -0.0389. The average Bonchev–Trinajstić information content (AvgIpc) is 2.65. The van der Waals surface area contributed by atoms with Gasteiger partial charge in [0.1, 0.15) is 0 Å². The van der Waals surface area contributed by atoms with Gasteiger partial charge in [-0.15, -0.1) is 11.8 Å². The van der Waals surface area contributed by atoms with Crippen LogP contribution in [0, 0.1) is 0 Å². The Balaban J connectivity index is 1.87. The van der Waals surface area contributed by atoms with Gasteiger partial charge < -0.3 is 19.5 Å². The summed E-state index contributed by atoms with van der Waals surface area (Å²) >= 11 is 1.71. The summed E-state index contributed by atoms with van der Waals surface area (Å²) in [6, 6.07) is 13.7. The highest BCUT2D eigenvalue weighted by Gasteiger charge is 2.14. The molecule has 1 N–H and O–H groups in total. The Labute approximate surface area is 152 Å². The molecule has 0 aliphatic carbocycles. The summed E-state index contributed by atoms with van der Waals surface area (Å²) in [6.45, 7) is 0.614. The maximum absolute atomic E-state index is 12.1. The van der Waals surface area contributed by atoms with E-state index in [1.54, 1.807) is 45.2 Å². The third kappa shape index (κ3) is 5.60. The third-order valence-corrected chi connectivity index (χ3v) is 4.54. The number of thioether (sulfide) groups is 1. The molecule has 0 spiro atoms. The number of amides is 1. The lowest BCUT2D eigenvalue weighted by atomic mass is 10.1. The van der Waals surface area contributed by atoms with Crippen molar-refractivity contribution in [3.05, 3.63) is 48.0 Å². The monoisotopic (exact) mass is 361 g/mol. The van der Waals surface area contributed by atoms with E-state index in [1.807, 2.05) is 18.2 Å². The SMILES string of the molecule is COc1cc(CC(=O)NCCSc2ccccc2)cc(OC)c1OC. The number of nitrogens with one attached hydrogen (secondary N) is 1. The maximum atomic E-state index is 12.1. The smallest absolute Gasteiger partial charge is 0.224 e. The van der Waals surface area contributed by atoms with Crippen LogP contribution in [0.3, 0.4) is 0 Å². The van der Waals surface area contributed by atoms with Crippen molar-refractivity contribution in [2.45, 2.75) is 11.3 Å². The fourth-order valence-electron chi connectivity index (χ4n) is 2.36. The Morgan fingerprint density at radius 2 is 1.64 bits per heavy atom. The molecule has 0 saturated heterocycles. The lowest BCUT2D eigenvalue weighted by molar-refractivity contribution is -0.120. The molecule has 0 aromatic heterocycles. The average molecular weight is 361 g/mol. The van der Waals surface area contributed by atoms with E-state index in [9.17, 15) is 4.79 Å². The van der Waals surface area contributed by atoms with E-state index in [4.69, 9.17) is 14.2 Å². The molecule has 0 heterocycles. The summed E-state index contributed by atoms with van der Waals surface area (Å²) in [5.74, 6) is 2.40. The Kier molecular flexibility index (Phi) is 7.47. The fraction of sp³-hybridized carbons (Fsp3) is 0.316. The number of hydrogen-bond acceptors (Lipinski definition) is 5. The molecular weight excluding hydrogens is 338 g/mol. The second kappa shape index (κ2) is 9.84. The number of carbonyl (C=O) groups excluding carboxylic acids is 1.